The van der Waals surface area contributed by atoms with E-state index in [1.165, 1.54) is 0 Å². The highest BCUT2D eigenvalue weighted by atomic mass is 19.1. The lowest BCUT2D eigenvalue weighted by Crippen LogP contribution is -2.06. The number of hydrogen-bond donors (Lipinski definition) is 2. The Balaban J connectivity index is 1.32. The zero-order valence-corrected chi connectivity index (χ0v) is 22.6. The van der Waals surface area contributed by atoms with E-state index in [0.29, 0.717) is 42.2 Å². The van der Waals surface area contributed by atoms with Crippen LogP contribution >= 0.6 is 0 Å². The van der Waals surface area contributed by atoms with E-state index in [0.717, 1.165) is 53.4 Å². The van der Waals surface area contributed by atoms with Crippen LogP contribution in [0.2, 0.25) is 0 Å². The third-order valence-corrected chi connectivity index (χ3v) is 6.82. The maximum Gasteiger partial charge on any atom is 0.303 e. The van der Waals surface area contributed by atoms with E-state index in [4.69, 9.17) is 9.84 Å². The van der Waals surface area contributed by atoms with Crippen LogP contribution in [0.25, 0.3) is 10.9 Å². The highest BCUT2D eigenvalue weighted by Crippen LogP contribution is 2.27. The minimum Gasteiger partial charge on any atom is -0.494 e. The van der Waals surface area contributed by atoms with Gasteiger partial charge in [0.15, 0.2) is 5.78 Å². The molecule has 0 radical (unpaired) electrons. The number of benzene rings is 3. The molecule has 6 heteroatoms. The molecule has 0 aliphatic rings. The van der Waals surface area contributed by atoms with Gasteiger partial charge in [-0.05, 0) is 92.0 Å². The van der Waals surface area contributed by atoms with Crippen LogP contribution in [-0.4, -0.2) is 28.4 Å². The van der Waals surface area contributed by atoms with Gasteiger partial charge in [0, 0.05) is 28.6 Å². The van der Waals surface area contributed by atoms with E-state index in [1.54, 1.807) is 30.3 Å². The topological polar surface area (TPSA) is 79.4 Å². The Bertz CT molecular complexity index is 1420. The maximum absolute atomic E-state index is 14.3. The van der Waals surface area contributed by atoms with Gasteiger partial charge in [-0.1, -0.05) is 44.2 Å². The Morgan fingerprint density at radius 1 is 0.949 bits per heavy atom. The lowest BCUT2D eigenvalue weighted by Gasteiger charge is -2.09. The van der Waals surface area contributed by atoms with Gasteiger partial charge in [-0.15, -0.1) is 0 Å². The van der Waals surface area contributed by atoms with Crippen molar-refractivity contribution in [3.8, 4) is 5.75 Å². The zero-order chi connectivity index (χ0) is 27.8. The fraction of sp³-hybridized carbons (Fsp3) is 0.333. The molecule has 1 heterocycles. The molecule has 0 fully saturated rings. The van der Waals surface area contributed by atoms with Crippen LogP contribution in [0.3, 0.4) is 0 Å². The number of hydrogen-bond acceptors (Lipinski definition) is 3. The van der Waals surface area contributed by atoms with Gasteiger partial charge in [-0.25, -0.2) is 4.39 Å². The van der Waals surface area contributed by atoms with Crippen LogP contribution in [0.4, 0.5) is 4.39 Å². The number of halogens is 1. The number of carbonyl (C=O) groups is 2. The predicted octanol–water partition coefficient (Wildman–Crippen LogP) is 7.55. The summed E-state index contributed by atoms with van der Waals surface area (Å²) in [7, 11) is 0. The summed E-state index contributed by atoms with van der Waals surface area (Å²) in [4.78, 5) is 27.7. The summed E-state index contributed by atoms with van der Waals surface area (Å²) in [6, 6.07) is 20.3. The molecular formula is C33H36FNO4. The molecule has 4 rings (SSSR count). The highest BCUT2D eigenvalue weighted by Gasteiger charge is 2.20. The number of unbranched alkanes of at least 4 members (excludes halogenated alkanes) is 1. The fourth-order valence-corrected chi connectivity index (χ4v) is 4.88. The molecule has 0 spiro atoms. The van der Waals surface area contributed by atoms with Crippen LogP contribution in [0.5, 0.6) is 5.75 Å². The highest BCUT2D eigenvalue weighted by molar-refractivity contribution is 6.17. The molecule has 3 aromatic carbocycles. The van der Waals surface area contributed by atoms with Gasteiger partial charge < -0.3 is 14.8 Å². The quantitative estimate of drug-likeness (QED) is 0.131. The molecule has 0 saturated carbocycles. The SMILES string of the molecule is CC(C)Cc1ccc(CCCCOc2ccc(C(=O)c3c(CCCC(=O)O)[nH]c4ccccc34)cc2)cc1F. The Labute approximate surface area is 229 Å². The van der Waals surface area contributed by atoms with Crippen molar-refractivity contribution in [1.29, 1.82) is 0 Å². The van der Waals surface area contributed by atoms with Gasteiger partial charge in [-0.2, -0.15) is 0 Å². The number of rotatable bonds is 14. The van der Waals surface area contributed by atoms with Crippen molar-refractivity contribution in [2.45, 2.75) is 58.8 Å². The van der Waals surface area contributed by atoms with Crippen molar-refractivity contribution in [1.82, 2.24) is 4.98 Å². The standard InChI is InChI=1S/C33H36FNO4/c1-22(2)20-25-14-13-23(21-28(25)34)8-5-6-19-39-26-17-15-24(16-18-26)33(38)32-27-9-3-4-10-29(27)35-30(32)11-7-12-31(36)37/h3-4,9-10,13-18,21-22,35H,5-8,11-12,19-20H2,1-2H3,(H,36,37). The van der Waals surface area contributed by atoms with Gasteiger partial charge in [0.2, 0.25) is 0 Å². The molecule has 0 aliphatic carbocycles. The van der Waals surface area contributed by atoms with Crippen molar-refractivity contribution in [2.75, 3.05) is 6.61 Å². The number of fused-ring (bicyclic) bond motifs is 1. The van der Waals surface area contributed by atoms with Gasteiger partial charge >= 0.3 is 5.97 Å². The molecule has 0 bridgehead atoms. The minimum absolute atomic E-state index is 0.0521. The number of ketones is 1. The summed E-state index contributed by atoms with van der Waals surface area (Å²) < 4.78 is 20.2. The average Bonchev–Trinajstić information content (AvgIpc) is 3.27. The fourth-order valence-electron chi connectivity index (χ4n) is 4.88. The third-order valence-electron chi connectivity index (χ3n) is 6.82. The molecule has 0 aliphatic heterocycles. The number of aliphatic carboxylic acids is 1. The number of carboxylic acid groups (broad SMARTS) is 1. The van der Waals surface area contributed by atoms with Crippen molar-refractivity contribution in [3.63, 3.8) is 0 Å². The number of aryl methyl sites for hydroxylation is 2. The third kappa shape index (κ3) is 7.56. The van der Waals surface area contributed by atoms with Crippen molar-refractivity contribution in [3.05, 3.63) is 100 Å². The monoisotopic (exact) mass is 529 g/mol. The Morgan fingerprint density at radius 3 is 2.44 bits per heavy atom. The number of nitrogens with one attached hydrogen (secondary N) is 1. The van der Waals surface area contributed by atoms with Gasteiger partial charge in [0.05, 0.1) is 12.2 Å². The molecule has 204 valence electrons. The molecule has 0 saturated heterocycles. The minimum atomic E-state index is -0.848. The van der Waals surface area contributed by atoms with Crippen LogP contribution < -0.4 is 4.74 Å². The van der Waals surface area contributed by atoms with Crippen LogP contribution in [0.15, 0.2) is 66.7 Å². The smallest absolute Gasteiger partial charge is 0.303 e. The number of aromatic nitrogens is 1. The number of para-hydroxylation sites is 1. The molecule has 5 nitrogen and oxygen atoms in total. The van der Waals surface area contributed by atoms with Gasteiger partial charge in [0.25, 0.3) is 0 Å². The van der Waals surface area contributed by atoms with E-state index in [-0.39, 0.29) is 18.0 Å². The summed E-state index contributed by atoms with van der Waals surface area (Å²) in [6.45, 7) is 4.72. The molecule has 0 amide bonds. The largest absolute Gasteiger partial charge is 0.494 e. The summed E-state index contributed by atoms with van der Waals surface area (Å²) >= 11 is 0. The Hall–Kier alpha value is -3.93. The average molecular weight is 530 g/mol. The van der Waals surface area contributed by atoms with Gasteiger partial charge in [-0.3, -0.25) is 9.59 Å². The maximum atomic E-state index is 14.3. The second kappa shape index (κ2) is 13.2. The van der Waals surface area contributed by atoms with E-state index in [1.807, 2.05) is 36.4 Å². The second-order valence-electron chi connectivity index (χ2n) is 10.5. The van der Waals surface area contributed by atoms with Crippen LogP contribution in [-0.2, 0) is 24.1 Å². The Morgan fingerprint density at radius 2 is 1.72 bits per heavy atom. The van der Waals surface area contributed by atoms with Crippen molar-refractivity contribution < 1.29 is 23.8 Å². The molecule has 1 aromatic heterocycles. The van der Waals surface area contributed by atoms with E-state index in [2.05, 4.69) is 18.8 Å². The molecule has 0 unspecified atom stereocenters. The first-order chi connectivity index (χ1) is 18.8. The van der Waals surface area contributed by atoms with E-state index >= 15 is 0 Å². The summed E-state index contributed by atoms with van der Waals surface area (Å²) in [5, 5.41) is 9.83. The van der Waals surface area contributed by atoms with Crippen molar-refractivity contribution >= 4 is 22.7 Å². The normalized spacial score (nSPS) is 11.3. The van der Waals surface area contributed by atoms with Crippen molar-refractivity contribution in [2.24, 2.45) is 5.92 Å². The Kier molecular flexibility index (Phi) is 9.53. The predicted molar refractivity (Wildman–Crippen MR) is 152 cm³/mol. The molecule has 39 heavy (non-hydrogen) atoms. The molecule has 4 aromatic rings. The van der Waals surface area contributed by atoms with E-state index in [9.17, 15) is 14.0 Å². The lowest BCUT2D eigenvalue weighted by molar-refractivity contribution is -0.137. The number of carboxylic acids is 1. The second-order valence-corrected chi connectivity index (χ2v) is 10.5. The summed E-state index contributed by atoms with van der Waals surface area (Å²) in [6.07, 6.45) is 4.27. The van der Waals surface area contributed by atoms with Gasteiger partial charge in [0.1, 0.15) is 11.6 Å². The number of aromatic amines is 1. The first-order valence-corrected chi connectivity index (χ1v) is 13.7. The zero-order valence-electron chi connectivity index (χ0n) is 22.6. The molecular weight excluding hydrogens is 493 g/mol. The summed E-state index contributed by atoms with van der Waals surface area (Å²) in [5.41, 5.74) is 4.55. The molecule has 2 N–H and O–H groups in total. The van der Waals surface area contributed by atoms with Crippen LogP contribution in [0, 0.1) is 11.7 Å². The molecule has 0 atom stereocenters. The first kappa shape index (κ1) is 28.1. The number of carbonyl (C=O) groups excluding carboxylic acids is 1. The number of H-pyrrole nitrogens is 1. The summed E-state index contributed by atoms with van der Waals surface area (Å²) in [5.74, 6) is 0.0506. The number of ether oxygens (including phenoxy) is 1. The first-order valence-electron chi connectivity index (χ1n) is 13.7. The van der Waals surface area contributed by atoms with E-state index < -0.39 is 5.97 Å². The van der Waals surface area contributed by atoms with Crippen LogP contribution in [0.1, 0.15) is 72.3 Å². The lowest BCUT2D eigenvalue weighted by atomic mass is 9.98.